The number of nitrogens with zero attached hydrogens (tertiary/aromatic N) is 4. The van der Waals surface area contributed by atoms with Crippen molar-refractivity contribution in [2.45, 2.75) is 106 Å². The van der Waals surface area contributed by atoms with Crippen molar-refractivity contribution in [3.05, 3.63) is 83.1 Å². The van der Waals surface area contributed by atoms with Gasteiger partial charge in [0.2, 0.25) is 5.60 Å². The Balaban J connectivity index is 1.22. The number of aromatic nitrogens is 1. The second-order valence-corrected chi connectivity index (χ2v) is 20.4. The number of nitrogens with one attached hydrogen (secondary N) is 2. The van der Waals surface area contributed by atoms with Crippen LogP contribution in [0.2, 0.25) is 0 Å². The molecule has 7 heterocycles. The molecule has 2 bridgehead atoms. The lowest BCUT2D eigenvalue weighted by atomic mass is 9.47. The van der Waals surface area contributed by atoms with E-state index in [2.05, 4.69) is 57.4 Å². The molecule has 3 aromatic rings. The van der Waals surface area contributed by atoms with Gasteiger partial charge in [0.05, 0.1) is 32.9 Å². The molecule has 1 saturated carbocycles. The summed E-state index contributed by atoms with van der Waals surface area (Å²) in [5, 5.41) is 18.0. The van der Waals surface area contributed by atoms with E-state index < -0.39 is 57.4 Å². The minimum Gasteiger partial charge on any atom is -0.496 e. The number of aliphatic hydroxyl groups is 1. The number of esters is 3. The van der Waals surface area contributed by atoms with Crippen LogP contribution in [0.4, 0.5) is 10.5 Å². The van der Waals surface area contributed by atoms with Crippen molar-refractivity contribution in [3.63, 3.8) is 0 Å². The van der Waals surface area contributed by atoms with Crippen LogP contribution in [0.15, 0.2) is 60.7 Å². The summed E-state index contributed by atoms with van der Waals surface area (Å²) in [6.07, 6.45) is 11.1. The van der Waals surface area contributed by atoms with Crippen molar-refractivity contribution in [1.82, 2.24) is 25.0 Å². The lowest BCUT2D eigenvalue weighted by Crippen LogP contribution is -2.81. The Morgan fingerprint density at radius 1 is 0.910 bits per heavy atom. The van der Waals surface area contributed by atoms with E-state index >= 15 is 4.79 Å². The van der Waals surface area contributed by atoms with Crippen LogP contribution in [0.1, 0.15) is 81.7 Å². The highest BCUT2D eigenvalue weighted by Gasteiger charge is 2.80. The van der Waals surface area contributed by atoms with E-state index in [4.69, 9.17) is 18.9 Å². The number of benzene rings is 2. The number of carbonyl (C=O) groups excluding carboxylic acids is 4. The zero-order chi connectivity index (χ0) is 47.3. The number of piperidine rings is 1. The number of urea groups is 1. The summed E-state index contributed by atoms with van der Waals surface area (Å²) < 4.78 is 24.3. The molecule has 1 unspecified atom stereocenters. The molecule has 6 aliphatic heterocycles. The number of anilines is 1. The third kappa shape index (κ3) is 6.32. The lowest BCUT2D eigenvalue weighted by molar-refractivity contribution is -0.228. The molecular weight excluding hydrogens is 853 g/mol. The first kappa shape index (κ1) is 45.4. The van der Waals surface area contributed by atoms with Crippen LogP contribution in [-0.2, 0) is 45.8 Å². The molecule has 2 aromatic carbocycles. The zero-order valence-electron chi connectivity index (χ0n) is 40.0. The molecular formula is C52H66N6O9. The Morgan fingerprint density at radius 3 is 2.40 bits per heavy atom. The fourth-order valence-electron chi connectivity index (χ4n) is 14.8. The highest BCUT2D eigenvalue weighted by molar-refractivity contribution is 5.95. The Kier molecular flexibility index (Phi) is 11.1. The molecule has 2 amide bonds. The number of hydrogen-bond donors (Lipinski definition) is 3. The molecule has 2 saturated heterocycles. The number of rotatable bonds is 8. The molecule has 1 spiro atoms. The first-order chi connectivity index (χ1) is 32.2. The molecule has 1 aliphatic carbocycles. The number of likely N-dealkylation sites (N-methyl/N-ethyl adjacent to an activating group) is 1. The van der Waals surface area contributed by atoms with Crippen LogP contribution in [0, 0.1) is 11.3 Å². The summed E-state index contributed by atoms with van der Waals surface area (Å²) in [5.74, 6) is -1.57. The molecule has 358 valence electrons. The number of methoxy groups -OCH3 is 3. The summed E-state index contributed by atoms with van der Waals surface area (Å²) in [6.45, 7) is 10.1. The van der Waals surface area contributed by atoms with Crippen molar-refractivity contribution in [2.75, 3.05) is 79.1 Å². The first-order valence-electron chi connectivity index (χ1n) is 24.2. The van der Waals surface area contributed by atoms with Crippen molar-refractivity contribution in [1.29, 1.82) is 0 Å². The first-order valence-corrected chi connectivity index (χ1v) is 24.2. The number of ether oxygens (including phenoxy) is 4. The summed E-state index contributed by atoms with van der Waals surface area (Å²) in [4.78, 5) is 69.9. The summed E-state index contributed by atoms with van der Waals surface area (Å²) in [7, 11) is 6.19. The number of carbonyl (C=O) groups is 4. The predicted molar refractivity (Wildman–Crippen MR) is 252 cm³/mol. The molecule has 3 N–H and O–H groups in total. The van der Waals surface area contributed by atoms with Crippen molar-refractivity contribution in [3.8, 4) is 5.75 Å². The summed E-state index contributed by atoms with van der Waals surface area (Å²) in [6, 6.07) is 10.9. The predicted octanol–water partition coefficient (Wildman–Crippen LogP) is 4.97. The highest BCUT2D eigenvalue weighted by atomic mass is 16.6. The number of amides is 2. The number of para-hydroxylation sites is 1. The SMILES string of the molecule is CC[C@]1(NC(=O)N2CC=CCC2)C[C@@H]2CN(CCc3c([nH]c4ccccc34)[C@@](C(=O)OC)(c3cc4c(cc3OC)N(C)[C@H]3[C@@](O)(C(=O)OC)[C@H](OC(C)=O)[C@]5(CC)C=CCN6CC[C@]43[C@@H]65)C2)C1. The summed E-state index contributed by atoms with van der Waals surface area (Å²) in [5.41, 5.74) is -1.37. The van der Waals surface area contributed by atoms with Crippen molar-refractivity contribution in [2.24, 2.45) is 11.3 Å². The summed E-state index contributed by atoms with van der Waals surface area (Å²) >= 11 is 0. The van der Waals surface area contributed by atoms with Crippen LogP contribution in [0.5, 0.6) is 5.75 Å². The van der Waals surface area contributed by atoms with Crippen LogP contribution < -0.4 is 15.0 Å². The van der Waals surface area contributed by atoms with Gasteiger partial charge in [-0.1, -0.05) is 56.4 Å². The maximum atomic E-state index is 15.7. The monoisotopic (exact) mass is 918 g/mol. The van der Waals surface area contributed by atoms with Crippen molar-refractivity contribution < 1.29 is 43.2 Å². The Labute approximate surface area is 392 Å². The van der Waals surface area contributed by atoms with E-state index in [0.29, 0.717) is 95.7 Å². The van der Waals surface area contributed by atoms with Gasteiger partial charge in [-0.05, 0) is 80.7 Å². The molecule has 7 aliphatic rings. The van der Waals surface area contributed by atoms with Gasteiger partial charge in [0, 0.05) is 104 Å². The van der Waals surface area contributed by atoms with Crippen molar-refractivity contribution >= 4 is 40.5 Å². The van der Waals surface area contributed by atoms with Crippen LogP contribution in [-0.4, -0.2) is 152 Å². The van der Waals surface area contributed by atoms with Crippen LogP contribution >= 0.6 is 0 Å². The van der Waals surface area contributed by atoms with Gasteiger partial charge in [0.1, 0.15) is 11.2 Å². The molecule has 15 nitrogen and oxygen atoms in total. The molecule has 0 radical (unpaired) electrons. The Bertz CT molecular complexity index is 2580. The highest BCUT2D eigenvalue weighted by Crippen LogP contribution is 2.68. The Morgan fingerprint density at radius 2 is 1.70 bits per heavy atom. The minimum atomic E-state index is -2.32. The topological polar surface area (TPSA) is 166 Å². The van der Waals surface area contributed by atoms with Crippen LogP contribution in [0.3, 0.4) is 0 Å². The fraction of sp³-hybridized carbons (Fsp3) is 0.577. The fourth-order valence-corrected chi connectivity index (χ4v) is 14.8. The molecule has 3 fully saturated rings. The molecule has 15 heteroatoms. The second-order valence-electron chi connectivity index (χ2n) is 20.4. The van der Waals surface area contributed by atoms with Gasteiger partial charge in [-0.15, -0.1) is 0 Å². The van der Waals surface area contributed by atoms with E-state index in [-0.39, 0.29) is 18.0 Å². The van der Waals surface area contributed by atoms with Gasteiger partial charge < -0.3 is 49.1 Å². The van der Waals surface area contributed by atoms with Crippen LogP contribution in [0.25, 0.3) is 10.9 Å². The van der Waals surface area contributed by atoms with Gasteiger partial charge in [-0.25, -0.2) is 9.59 Å². The number of H-pyrrole nitrogens is 1. The molecule has 67 heavy (non-hydrogen) atoms. The van der Waals surface area contributed by atoms with E-state index in [0.717, 1.165) is 39.8 Å². The van der Waals surface area contributed by atoms with E-state index in [1.165, 1.54) is 21.1 Å². The third-order valence-electron chi connectivity index (χ3n) is 17.4. The quantitative estimate of drug-likeness (QED) is 0.158. The average molecular weight is 919 g/mol. The second kappa shape index (κ2) is 16.4. The third-order valence-corrected chi connectivity index (χ3v) is 17.4. The average Bonchev–Trinajstić information content (AvgIpc) is 4.00. The normalized spacial score (nSPS) is 35.0. The largest absolute Gasteiger partial charge is 0.496 e. The van der Waals surface area contributed by atoms with Gasteiger partial charge >= 0.3 is 23.9 Å². The van der Waals surface area contributed by atoms with Gasteiger partial charge in [-0.3, -0.25) is 14.5 Å². The van der Waals surface area contributed by atoms with Gasteiger partial charge in [0.15, 0.2) is 6.10 Å². The maximum absolute atomic E-state index is 15.7. The maximum Gasteiger partial charge on any atom is 0.344 e. The number of fused-ring (bicyclic) bond motifs is 6. The standard InChI is InChI=1S/C52H66N6O9/c1-8-48(54-47(62)58-21-13-10-14-22-58)28-33-29-51(45(60)65-6,41-35(18-24-56(30-33)31-48)34-16-11-12-17-38(34)53-41)37-26-36-39(27-40(37)64-5)55(4)43-50(36)20-25-57-23-15-19-49(9-2,42(50)57)44(67-32(3)59)52(43,63)46(61)66-7/h10-13,15-17,19,26-27,33,42-44,53,63H,8-9,14,18,20-25,28-31H2,1-7H3,(H,54,62)/t33-,42-,43+,44+,48-,49+,50+,51-,52-/m0/s1. The van der Waals surface area contributed by atoms with E-state index in [1.807, 2.05) is 54.1 Å². The Hall–Kier alpha value is -5.38. The molecule has 10 atom stereocenters. The van der Waals surface area contributed by atoms with Gasteiger partial charge in [-0.2, -0.15) is 0 Å². The van der Waals surface area contributed by atoms with E-state index in [9.17, 15) is 19.5 Å². The number of hydrogen-bond acceptors (Lipinski definition) is 12. The van der Waals surface area contributed by atoms with E-state index in [1.54, 1.807) is 7.11 Å². The minimum absolute atomic E-state index is 0.0722. The van der Waals surface area contributed by atoms with Gasteiger partial charge in [0.25, 0.3) is 0 Å². The smallest absolute Gasteiger partial charge is 0.344 e. The zero-order valence-corrected chi connectivity index (χ0v) is 40.0. The lowest BCUT2D eigenvalue weighted by Gasteiger charge is -2.63. The molecule has 10 rings (SSSR count). The molecule has 1 aromatic heterocycles. The number of aromatic amines is 1.